The Kier molecular flexibility index (Phi) is 1.34. The normalized spacial score (nSPS) is 11.1. The average Bonchev–Trinajstić information content (AvgIpc) is 2.65. The van der Waals surface area contributed by atoms with E-state index in [9.17, 15) is 0 Å². The quantitative estimate of drug-likeness (QED) is 0.539. The van der Waals surface area contributed by atoms with Gasteiger partial charge in [-0.2, -0.15) is 5.10 Å². The van der Waals surface area contributed by atoms with E-state index in [1.165, 1.54) is 10.1 Å². The summed E-state index contributed by atoms with van der Waals surface area (Å²) in [6.07, 6.45) is 1.72. The molecule has 0 unspecified atom stereocenters. The second-order valence-electron chi connectivity index (χ2n) is 2.87. The molecule has 3 heteroatoms. The van der Waals surface area contributed by atoms with Crippen LogP contribution in [0.5, 0.6) is 0 Å². The predicted molar refractivity (Wildman–Crippen MR) is 54.9 cm³/mol. The van der Waals surface area contributed by atoms with Crippen LogP contribution in [0.15, 0.2) is 35.8 Å². The van der Waals surface area contributed by atoms with Crippen LogP contribution in [0.25, 0.3) is 21.0 Å². The van der Waals surface area contributed by atoms with E-state index in [4.69, 9.17) is 0 Å². The fourth-order valence-corrected chi connectivity index (χ4v) is 2.29. The van der Waals surface area contributed by atoms with Crippen LogP contribution in [0.4, 0.5) is 0 Å². The van der Waals surface area contributed by atoms with Crippen molar-refractivity contribution in [2.75, 3.05) is 0 Å². The third-order valence-electron chi connectivity index (χ3n) is 2.12. The molecule has 0 atom stereocenters. The summed E-state index contributed by atoms with van der Waals surface area (Å²) < 4.78 is 1.27. The van der Waals surface area contributed by atoms with Gasteiger partial charge in [-0.05, 0) is 23.6 Å². The number of benzene rings is 1. The molecule has 0 bridgehead atoms. The summed E-state index contributed by atoms with van der Waals surface area (Å²) in [5.74, 6) is 0. The number of aromatic nitrogens is 2. The van der Waals surface area contributed by atoms with Crippen molar-refractivity contribution in [3.8, 4) is 0 Å². The minimum absolute atomic E-state index is 1.00. The zero-order valence-corrected chi connectivity index (χ0v) is 7.58. The topological polar surface area (TPSA) is 25.8 Å². The summed E-state index contributed by atoms with van der Waals surface area (Å²) in [6, 6.07) is 8.29. The monoisotopic (exact) mass is 186 g/mol. The van der Waals surface area contributed by atoms with Crippen LogP contribution >= 0.6 is 11.3 Å². The zero-order chi connectivity index (χ0) is 8.67. The molecule has 3 aromatic rings. The standard InChI is InChI=1S/C10H6N2S/c1-2-9-8(4-6-13-9)10-7(1)3-5-11-12-10/h1-6H. The minimum Gasteiger partial charge on any atom is -0.158 e. The zero-order valence-electron chi connectivity index (χ0n) is 6.77. The number of thiophene rings is 1. The first-order chi connectivity index (χ1) is 6.45. The third kappa shape index (κ3) is 0.939. The van der Waals surface area contributed by atoms with Gasteiger partial charge < -0.3 is 0 Å². The van der Waals surface area contributed by atoms with Gasteiger partial charge in [0.05, 0.1) is 6.20 Å². The molecule has 62 valence electrons. The minimum atomic E-state index is 1.00. The van der Waals surface area contributed by atoms with Gasteiger partial charge in [-0.1, -0.05) is 6.07 Å². The van der Waals surface area contributed by atoms with Crippen LogP contribution in [0, 0.1) is 0 Å². The molecule has 13 heavy (non-hydrogen) atoms. The first kappa shape index (κ1) is 6.97. The lowest BCUT2D eigenvalue weighted by Crippen LogP contribution is -1.81. The summed E-state index contributed by atoms with van der Waals surface area (Å²) in [5.41, 5.74) is 1.00. The van der Waals surface area contributed by atoms with Gasteiger partial charge in [0.15, 0.2) is 0 Å². The summed E-state index contributed by atoms with van der Waals surface area (Å²) in [5, 5.41) is 12.5. The van der Waals surface area contributed by atoms with Gasteiger partial charge in [-0.3, -0.25) is 0 Å². The molecule has 2 heterocycles. The predicted octanol–water partition coefficient (Wildman–Crippen LogP) is 2.84. The Morgan fingerprint density at radius 3 is 3.08 bits per heavy atom. The van der Waals surface area contributed by atoms with Crippen molar-refractivity contribution in [3.05, 3.63) is 35.8 Å². The molecule has 3 rings (SSSR count). The van der Waals surface area contributed by atoms with E-state index in [2.05, 4.69) is 33.8 Å². The molecule has 2 aromatic heterocycles. The molecule has 1 aromatic carbocycles. The Hall–Kier alpha value is -1.48. The summed E-state index contributed by atoms with van der Waals surface area (Å²) in [6.45, 7) is 0. The first-order valence-electron chi connectivity index (χ1n) is 4.03. The summed E-state index contributed by atoms with van der Waals surface area (Å²) >= 11 is 1.73. The second kappa shape index (κ2) is 2.50. The molecule has 0 aliphatic rings. The van der Waals surface area contributed by atoms with E-state index in [1.54, 1.807) is 17.5 Å². The van der Waals surface area contributed by atoms with Gasteiger partial charge >= 0.3 is 0 Å². The van der Waals surface area contributed by atoms with Crippen molar-refractivity contribution >= 4 is 32.3 Å². The molecule has 0 saturated heterocycles. The van der Waals surface area contributed by atoms with Crippen LogP contribution in [0.1, 0.15) is 0 Å². The molecule has 0 aliphatic carbocycles. The van der Waals surface area contributed by atoms with Crippen molar-refractivity contribution in [2.45, 2.75) is 0 Å². The number of hydrogen-bond acceptors (Lipinski definition) is 3. The fourth-order valence-electron chi connectivity index (χ4n) is 1.50. The van der Waals surface area contributed by atoms with Crippen molar-refractivity contribution in [3.63, 3.8) is 0 Å². The maximum atomic E-state index is 4.14. The Bertz CT molecular complexity index is 571. The second-order valence-corrected chi connectivity index (χ2v) is 3.81. The van der Waals surface area contributed by atoms with Gasteiger partial charge in [0.2, 0.25) is 0 Å². The SMILES string of the molecule is c1cc2ccc3sccc3c2nn1. The summed E-state index contributed by atoms with van der Waals surface area (Å²) in [7, 11) is 0. The molecular weight excluding hydrogens is 180 g/mol. The highest BCUT2D eigenvalue weighted by Crippen LogP contribution is 2.26. The first-order valence-corrected chi connectivity index (χ1v) is 4.91. The van der Waals surface area contributed by atoms with Crippen LogP contribution in [0.2, 0.25) is 0 Å². The van der Waals surface area contributed by atoms with Crippen LogP contribution in [-0.2, 0) is 0 Å². The van der Waals surface area contributed by atoms with Crippen molar-refractivity contribution in [1.82, 2.24) is 10.2 Å². The molecule has 0 spiro atoms. The Morgan fingerprint density at radius 1 is 1.08 bits per heavy atom. The Balaban J connectivity index is 2.65. The number of hydrogen-bond donors (Lipinski definition) is 0. The van der Waals surface area contributed by atoms with E-state index in [-0.39, 0.29) is 0 Å². The highest BCUT2D eigenvalue weighted by molar-refractivity contribution is 7.17. The van der Waals surface area contributed by atoms with Crippen LogP contribution in [0.3, 0.4) is 0 Å². The van der Waals surface area contributed by atoms with E-state index in [0.717, 1.165) is 10.9 Å². The van der Waals surface area contributed by atoms with Gasteiger partial charge in [0, 0.05) is 15.5 Å². The summed E-state index contributed by atoms with van der Waals surface area (Å²) in [4.78, 5) is 0. The van der Waals surface area contributed by atoms with E-state index >= 15 is 0 Å². The lowest BCUT2D eigenvalue weighted by Gasteiger charge is -1.95. The molecule has 0 radical (unpaired) electrons. The lowest BCUT2D eigenvalue weighted by atomic mass is 10.2. The molecular formula is C10H6N2S. The Morgan fingerprint density at radius 2 is 2.08 bits per heavy atom. The number of rotatable bonds is 0. The Labute approximate surface area is 78.8 Å². The van der Waals surface area contributed by atoms with Crippen molar-refractivity contribution in [2.24, 2.45) is 0 Å². The largest absolute Gasteiger partial charge is 0.158 e. The molecule has 0 fully saturated rings. The van der Waals surface area contributed by atoms with Gasteiger partial charge in [-0.25, -0.2) is 0 Å². The van der Waals surface area contributed by atoms with Crippen molar-refractivity contribution in [1.29, 1.82) is 0 Å². The highest BCUT2D eigenvalue weighted by Gasteiger charge is 2.01. The maximum Gasteiger partial charge on any atom is 0.102 e. The highest BCUT2D eigenvalue weighted by atomic mass is 32.1. The van der Waals surface area contributed by atoms with E-state index in [0.29, 0.717) is 0 Å². The molecule has 0 N–H and O–H groups in total. The number of nitrogens with zero attached hydrogens (tertiary/aromatic N) is 2. The van der Waals surface area contributed by atoms with Gasteiger partial charge in [-0.15, -0.1) is 16.4 Å². The molecule has 0 amide bonds. The van der Waals surface area contributed by atoms with E-state index in [1.807, 2.05) is 6.07 Å². The van der Waals surface area contributed by atoms with Crippen LogP contribution in [-0.4, -0.2) is 10.2 Å². The van der Waals surface area contributed by atoms with Gasteiger partial charge in [0.25, 0.3) is 0 Å². The molecule has 0 saturated carbocycles. The number of fused-ring (bicyclic) bond motifs is 3. The van der Waals surface area contributed by atoms with E-state index < -0.39 is 0 Å². The smallest absolute Gasteiger partial charge is 0.102 e. The van der Waals surface area contributed by atoms with Crippen molar-refractivity contribution < 1.29 is 0 Å². The molecule has 0 aliphatic heterocycles. The molecule has 2 nitrogen and oxygen atoms in total. The van der Waals surface area contributed by atoms with Gasteiger partial charge in [0.1, 0.15) is 5.52 Å². The lowest BCUT2D eigenvalue weighted by molar-refractivity contribution is 1.08. The fraction of sp³-hybridized carbons (Fsp3) is 0. The average molecular weight is 186 g/mol. The third-order valence-corrected chi connectivity index (χ3v) is 3.00. The maximum absolute atomic E-state index is 4.14. The van der Waals surface area contributed by atoms with Crippen LogP contribution < -0.4 is 0 Å².